The number of benzene rings is 1. The fourth-order valence-corrected chi connectivity index (χ4v) is 3.21. The molecule has 1 aliphatic rings. The van der Waals surface area contributed by atoms with Gasteiger partial charge in [0.1, 0.15) is 0 Å². The molecule has 3 atom stereocenters. The first-order valence-electron chi connectivity index (χ1n) is 8.80. The number of carbonyl (C=O) groups excluding carboxylic acids is 2. The largest absolute Gasteiger partial charge is 0.481 e. The minimum absolute atomic E-state index is 0.0519. The zero-order valence-electron chi connectivity index (χ0n) is 14.8. The van der Waals surface area contributed by atoms with Crippen molar-refractivity contribution < 1.29 is 19.5 Å². The third-order valence-corrected chi connectivity index (χ3v) is 4.79. The van der Waals surface area contributed by atoms with E-state index in [-0.39, 0.29) is 17.7 Å². The Balaban J connectivity index is 2.11. The lowest BCUT2D eigenvalue weighted by Gasteiger charge is -2.33. The SMILES string of the molecule is CCC(=O)N1CCCC(C(=O)NC(c2ccccc2)C(C)C(=O)O)C1. The van der Waals surface area contributed by atoms with Gasteiger partial charge in [-0.2, -0.15) is 0 Å². The van der Waals surface area contributed by atoms with Crippen molar-refractivity contribution in [3.63, 3.8) is 0 Å². The van der Waals surface area contributed by atoms with Crippen LogP contribution in [0.3, 0.4) is 0 Å². The second kappa shape index (κ2) is 8.65. The molecule has 2 N–H and O–H groups in total. The van der Waals surface area contributed by atoms with Gasteiger partial charge >= 0.3 is 5.97 Å². The summed E-state index contributed by atoms with van der Waals surface area (Å²) >= 11 is 0. The zero-order chi connectivity index (χ0) is 18.4. The highest BCUT2D eigenvalue weighted by molar-refractivity contribution is 5.82. The molecule has 1 fully saturated rings. The van der Waals surface area contributed by atoms with E-state index in [4.69, 9.17) is 0 Å². The number of carboxylic acids is 1. The molecular weight excluding hydrogens is 320 g/mol. The van der Waals surface area contributed by atoms with Crippen LogP contribution < -0.4 is 5.32 Å². The summed E-state index contributed by atoms with van der Waals surface area (Å²) in [6, 6.07) is 8.54. The summed E-state index contributed by atoms with van der Waals surface area (Å²) in [5.74, 6) is -2.13. The highest BCUT2D eigenvalue weighted by Gasteiger charge is 2.32. The molecule has 2 rings (SSSR count). The van der Waals surface area contributed by atoms with Crippen molar-refractivity contribution in [2.45, 2.75) is 39.2 Å². The van der Waals surface area contributed by atoms with Crippen LogP contribution >= 0.6 is 0 Å². The fraction of sp³-hybridized carbons (Fsp3) is 0.526. The minimum atomic E-state index is -0.958. The Hall–Kier alpha value is -2.37. The monoisotopic (exact) mass is 346 g/mol. The van der Waals surface area contributed by atoms with Gasteiger partial charge in [0.2, 0.25) is 11.8 Å². The van der Waals surface area contributed by atoms with Crippen molar-refractivity contribution in [1.82, 2.24) is 10.2 Å². The molecule has 1 aromatic carbocycles. The lowest BCUT2D eigenvalue weighted by molar-refractivity contribution is -0.142. The van der Waals surface area contributed by atoms with E-state index in [0.717, 1.165) is 12.0 Å². The van der Waals surface area contributed by atoms with Gasteiger partial charge in [-0.1, -0.05) is 37.3 Å². The lowest BCUT2D eigenvalue weighted by Crippen LogP contribution is -2.47. The number of amides is 2. The minimum Gasteiger partial charge on any atom is -0.481 e. The number of carboxylic acid groups (broad SMARTS) is 1. The summed E-state index contributed by atoms with van der Waals surface area (Å²) in [6.45, 7) is 4.49. The van der Waals surface area contributed by atoms with Gasteiger partial charge < -0.3 is 15.3 Å². The van der Waals surface area contributed by atoms with Gasteiger partial charge in [-0.3, -0.25) is 14.4 Å². The topological polar surface area (TPSA) is 86.7 Å². The van der Waals surface area contributed by atoms with Crippen molar-refractivity contribution in [3.8, 4) is 0 Å². The summed E-state index contributed by atoms with van der Waals surface area (Å²) in [5.41, 5.74) is 0.767. The molecule has 6 heteroatoms. The van der Waals surface area contributed by atoms with E-state index >= 15 is 0 Å². The first-order valence-corrected chi connectivity index (χ1v) is 8.80. The van der Waals surface area contributed by atoms with Gasteiger partial charge in [-0.05, 0) is 25.3 Å². The molecule has 25 heavy (non-hydrogen) atoms. The maximum absolute atomic E-state index is 12.7. The first-order chi connectivity index (χ1) is 11.9. The number of nitrogens with one attached hydrogen (secondary N) is 1. The van der Waals surface area contributed by atoms with Gasteiger partial charge in [0.25, 0.3) is 0 Å². The number of likely N-dealkylation sites (tertiary alicyclic amines) is 1. The molecule has 0 aliphatic carbocycles. The summed E-state index contributed by atoms with van der Waals surface area (Å²) in [6.07, 6.45) is 1.92. The van der Waals surface area contributed by atoms with Crippen LogP contribution in [0.4, 0.5) is 0 Å². The number of rotatable bonds is 6. The van der Waals surface area contributed by atoms with E-state index < -0.39 is 17.9 Å². The van der Waals surface area contributed by atoms with Gasteiger partial charge in [0.05, 0.1) is 17.9 Å². The van der Waals surface area contributed by atoms with E-state index in [1.165, 1.54) is 0 Å². The van der Waals surface area contributed by atoms with E-state index in [0.29, 0.717) is 25.9 Å². The number of nitrogens with zero attached hydrogens (tertiary/aromatic N) is 1. The number of hydrogen-bond acceptors (Lipinski definition) is 3. The molecule has 1 aromatic rings. The highest BCUT2D eigenvalue weighted by atomic mass is 16.4. The predicted molar refractivity (Wildman–Crippen MR) is 93.7 cm³/mol. The molecule has 2 amide bonds. The molecule has 1 heterocycles. The van der Waals surface area contributed by atoms with Crippen LogP contribution in [0.2, 0.25) is 0 Å². The highest BCUT2D eigenvalue weighted by Crippen LogP contribution is 2.24. The average molecular weight is 346 g/mol. The molecule has 0 aromatic heterocycles. The Morgan fingerprint density at radius 2 is 1.96 bits per heavy atom. The molecule has 0 radical (unpaired) electrons. The standard InChI is InChI=1S/C19H26N2O4/c1-3-16(22)21-11-7-10-15(12-21)18(23)20-17(13(2)19(24)25)14-8-5-4-6-9-14/h4-6,8-9,13,15,17H,3,7,10-12H2,1-2H3,(H,20,23)(H,24,25). The fourth-order valence-electron chi connectivity index (χ4n) is 3.21. The van der Waals surface area contributed by atoms with E-state index in [1.54, 1.807) is 11.8 Å². The van der Waals surface area contributed by atoms with E-state index in [1.807, 2.05) is 37.3 Å². The second-order valence-electron chi connectivity index (χ2n) is 6.56. The molecule has 0 bridgehead atoms. The molecule has 0 spiro atoms. The van der Waals surface area contributed by atoms with Crippen LogP contribution in [-0.4, -0.2) is 40.9 Å². The Morgan fingerprint density at radius 1 is 1.28 bits per heavy atom. The zero-order valence-corrected chi connectivity index (χ0v) is 14.8. The van der Waals surface area contributed by atoms with Gasteiger partial charge in [0.15, 0.2) is 0 Å². The van der Waals surface area contributed by atoms with Gasteiger partial charge in [-0.25, -0.2) is 0 Å². The average Bonchev–Trinajstić information content (AvgIpc) is 2.65. The van der Waals surface area contributed by atoms with Crippen LogP contribution in [0.1, 0.15) is 44.7 Å². The Labute approximate surface area is 148 Å². The predicted octanol–water partition coefficient (Wildman–Crippen LogP) is 2.21. The number of carbonyl (C=O) groups is 3. The summed E-state index contributed by atoms with van der Waals surface area (Å²) < 4.78 is 0. The molecule has 1 aliphatic heterocycles. The number of aliphatic carboxylic acids is 1. The van der Waals surface area contributed by atoms with E-state index in [2.05, 4.69) is 5.32 Å². The summed E-state index contributed by atoms with van der Waals surface area (Å²) in [5, 5.41) is 12.3. The van der Waals surface area contributed by atoms with Gasteiger partial charge in [0, 0.05) is 19.5 Å². The van der Waals surface area contributed by atoms with Crippen LogP contribution in [0.25, 0.3) is 0 Å². The van der Waals surface area contributed by atoms with Crippen LogP contribution in [0.5, 0.6) is 0 Å². The maximum atomic E-state index is 12.7. The molecule has 6 nitrogen and oxygen atoms in total. The first kappa shape index (κ1) is 19.0. The molecular formula is C19H26N2O4. The maximum Gasteiger partial charge on any atom is 0.308 e. The normalized spacial score (nSPS) is 19.8. The second-order valence-corrected chi connectivity index (χ2v) is 6.56. The Bertz CT molecular complexity index is 617. The van der Waals surface area contributed by atoms with Crippen LogP contribution in [-0.2, 0) is 14.4 Å². The van der Waals surface area contributed by atoms with Crippen molar-refractivity contribution in [2.24, 2.45) is 11.8 Å². The van der Waals surface area contributed by atoms with Crippen LogP contribution in [0, 0.1) is 11.8 Å². The molecule has 3 unspecified atom stereocenters. The quantitative estimate of drug-likeness (QED) is 0.827. The van der Waals surface area contributed by atoms with Crippen LogP contribution in [0.15, 0.2) is 30.3 Å². The summed E-state index contributed by atoms with van der Waals surface area (Å²) in [4.78, 5) is 37.8. The smallest absolute Gasteiger partial charge is 0.308 e. The number of piperidine rings is 1. The van der Waals surface area contributed by atoms with E-state index in [9.17, 15) is 19.5 Å². The van der Waals surface area contributed by atoms with Gasteiger partial charge in [-0.15, -0.1) is 0 Å². The van der Waals surface area contributed by atoms with Crippen molar-refractivity contribution in [3.05, 3.63) is 35.9 Å². The third-order valence-electron chi connectivity index (χ3n) is 4.79. The van der Waals surface area contributed by atoms with Crippen molar-refractivity contribution in [2.75, 3.05) is 13.1 Å². The molecule has 0 saturated carbocycles. The summed E-state index contributed by atoms with van der Waals surface area (Å²) in [7, 11) is 0. The third kappa shape index (κ3) is 4.81. The molecule has 1 saturated heterocycles. The number of hydrogen-bond donors (Lipinski definition) is 2. The molecule has 136 valence electrons. The van der Waals surface area contributed by atoms with Crippen molar-refractivity contribution >= 4 is 17.8 Å². The lowest BCUT2D eigenvalue weighted by atomic mass is 9.92. The Morgan fingerprint density at radius 3 is 2.56 bits per heavy atom. The Kier molecular flexibility index (Phi) is 6.56. The van der Waals surface area contributed by atoms with Crippen molar-refractivity contribution in [1.29, 1.82) is 0 Å².